The molecule has 0 spiro atoms. The van der Waals surface area contributed by atoms with Crippen molar-refractivity contribution in [3.8, 4) is 16.3 Å². The van der Waals surface area contributed by atoms with Crippen molar-refractivity contribution in [1.29, 1.82) is 0 Å². The fraction of sp³-hybridized carbons (Fsp3) is 0.364. The molecule has 1 N–H and O–H groups in total. The van der Waals surface area contributed by atoms with Gasteiger partial charge in [-0.05, 0) is 49.1 Å². The standard InChI is InChI=1S/C22H22N2O2S/c1-13-9-14-11-15(12-23-21(25)22(2)7-8-22)26-19(14)16(10-13)20-24-17-5-3-4-6-18(17)27-20/h3-6,9-10,15H,7-8,11-12H2,1-2H3,(H,23,25). The summed E-state index contributed by atoms with van der Waals surface area (Å²) in [6, 6.07) is 12.6. The molecule has 2 aliphatic rings. The van der Waals surface area contributed by atoms with Crippen LogP contribution in [0.1, 0.15) is 30.9 Å². The number of nitrogens with zero attached hydrogens (tertiary/aromatic N) is 1. The quantitative estimate of drug-likeness (QED) is 0.728. The van der Waals surface area contributed by atoms with Gasteiger partial charge in [-0.2, -0.15) is 0 Å². The molecule has 1 atom stereocenters. The summed E-state index contributed by atoms with van der Waals surface area (Å²) >= 11 is 1.70. The number of benzene rings is 2. The van der Waals surface area contributed by atoms with Gasteiger partial charge in [0.1, 0.15) is 16.9 Å². The molecule has 0 bridgehead atoms. The highest BCUT2D eigenvalue weighted by Gasteiger charge is 2.45. The zero-order valence-electron chi connectivity index (χ0n) is 15.5. The maximum Gasteiger partial charge on any atom is 0.226 e. The number of para-hydroxylation sites is 1. The highest BCUT2D eigenvalue weighted by Crippen LogP contribution is 2.45. The molecule has 1 unspecified atom stereocenters. The first-order valence-electron chi connectivity index (χ1n) is 9.46. The van der Waals surface area contributed by atoms with E-state index in [9.17, 15) is 4.79 Å². The number of hydrogen-bond acceptors (Lipinski definition) is 4. The van der Waals surface area contributed by atoms with Crippen molar-refractivity contribution in [1.82, 2.24) is 10.3 Å². The number of amides is 1. The highest BCUT2D eigenvalue weighted by molar-refractivity contribution is 7.21. The summed E-state index contributed by atoms with van der Waals surface area (Å²) in [4.78, 5) is 17.0. The number of carbonyl (C=O) groups is 1. The van der Waals surface area contributed by atoms with Gasteiger partial charge in [0.2, 0.25) is 5.91 Å². The summed E-state index contributed by atoms with van der Waals surface area (Å²) in [5.74, 6) is 1.08. The van der Waals surface area contributed by atoms with E-state index in [-0.39, 0.29) is 17.4 Å². The Labute approximate surface area is 162 Å². The minimum atomic E-state index is -0.145. The number of thiazole rings is 1. The lowest BCUT2D eigenvalue weighted by atomic mass is 10.0. The predicted molar refractivity (Wildman–Crippen MR) is 108 cm³/mol. The molecule has 1 aliphatic carbocycles. The predicted octanol–water partition coefficient (Wildman–Crippen LogP) is 4.49. The third-order valence-electron chi connectivity index (χ3n) is 5.61. The van der Waals surface area contributed by atoms with Crippen LogP contribution in [0.25, 0.3) is 20.8 Å². The second-order valence-electron chi connectivity index (χ2n) is 8.00. The Hall–Kier alpha value is -2.40. The van der Waals surface area contributed by atoms with E-state index in [1.807, 2.05) is 25.1 Å². The van der Waals surface area contributed by atoms with Gasteiger partial charge in [0.25, 0.3) is 0 Å². The van der Waals surface area contributed by atoms with E-state index in [1.54, 1.807) is 11.3 Å². The summed E-state index contributed by atoms with van der Waals surface area (Å²) in [7, 11) is 0. The number of rotatable bonds is 4. The van der Waals surface area contributed by atoms with Crippen molar-refractivity contribution < 1.29 is 9.53 Å². The van der Waals surface area contributed by atoms with Crippen LogP contribution < -0.4 is 10.1 Å². The average molecular weight is 378 g/mol. The molecule has 3 aromatic rings. The number of hydrogen-bond donors (Lipinski definition) is 1. The average Bonchev–Trinajstić information content (AvgIpc) is 3.09. The van der Waals surface area contributed by atoms with Crippen molar-refractivity contribution in [3.05, 3.63) is 47.5 Å². The fourth-order valence-electron chi connectivity index (χ4n) is 3.69. The van der Waals surface area contributed by atoms with Gasteiger partial charge in [0, 0.05) is 11.8 Å². The van der Waals surface area contributed by atoms with Crippen LogP contribution in [0.15, 0.2) is 36.4 Å². The van der Waals surface area contributed by atoms with E-state index in [0.717, 1.165) is 41.1 Å². The molecule has 1 aliphatic heterocycles. The normalized spacial score (nSPS) is 19.6. The molecule has 1 aromatic heterocycles. The second-order valence-corrected chi connectivity index (χ2v) is 9.03. The van der Waals surface area contributed by atoms with E-state index in [2.05, 4.69) is 30.4 Å². The minimum absolute atomic E-state index is 0.0128. The Morgan fingerprint density at radius 1 is 1.33 bits per heavy atom. The van der Waals surface area contributed by atoms with Gasteiger partial charge >= 0.3 is 0 Å². The zero-order chi connectivity index (χ0) is 18.6. The van der Waals surface area contributed by atoms with Gasteiger partial charge in [0.15, 0.2) is 0 Å². The molecule has 4 nitrogen and oxygen atoms in total. The maximum absolute atomic E-state index is 12.2. The van der Waals surface area contributed by atoms with E-state index < -0.39 is 0 Å². The smallest absolute Gasteiger partial charge is 0.226 e. The molecule has 138 valence electrons. The number of aromatic nitrogens is 1. The summed E-state index contributed by atoms with van der Waals surface area (Å²) in [6.07, 6.45) is 2.80. The Bertz CT molecular complexity index is 1020. The molecule has 5 heteroatoms. The van der Waals surface area contributed by atoms with E-state index in [4.69, 9.17) is 9.72 Å². The second kappa shape index (κ2) is 6.06. The van der Waals surface area contributed by atoms with Crippen molar-refractivity contribution in [3.63, 3.8) is 0 Å². The topological polar surface area (TPSA) is 51.2 Å². The Morgan fingerprint density at radius 3 is 2.93 bits per heavy atom. The van der Waals surface area contributed by atoms with Crippen LogP contribution in [0.5, 0.6) is 5.75 Å². The number of ether oxygens (including phenoxy) is 1. The van der Waals surface area contributed by atoms with Crippen molar-refractivity contribution in [2.24, 2.45) is 5.41 Å². The monoisotopic (exact) mass is 378 g/mol. The molecule has 2 heterocycles. The van der Waals surface area contributed by atoms with Crippen molar-refractivity contribution >= 4 is 27.5 Å². The molecule has 2 aromatic carbocycles. The molecule has 1 amide bonds. The molecule has 5 rings (SSSR count). The lowest BCUT2D eigenvalue weighted by Gasteiger charge is -2.15. The van der Waals surface area contributed by atoms with Crippen LogP contribution in [0.2, 0.25) is 0 Å². The number of carbonyl (C=O) groups excluding carboxylic acids is 1. The van der Waals surface area contributed by atoms with Crippen LogP contribution in [0.3, 0.4) is 0 Å². The lowest BCUT2D eigenvalue weighted by molar-refractivity contribution is -0.126. The molecule has 27 heavy (non-hydrogen) atoms. The third-order valence-corrected chi connectivity index (χ3v) is 6.67. The maximum atomic E-state index is 12.2. The molecular formula is C22H22N2O2S. The zero-order valence-corrected chi connectivity index (χ0v) is 16.4. The third kappa shape index (κ3) is 3.00. The number of aryl methyl sites for hydroxylation is 1. The SMILES string of the molecule is Cc1cc2c(c(-c3nc4ccccc4s3)c1)OC(CNC(=O)C1(C)CC1)C2. The minimum Gasteiger partial charge on any atom is -0.487 e. The summed E-state index contributed by atoms with van der Waals surface area (Å²) in [6.45, 7) is 4.70. The fourth-order valence-corrected chi connectivity index (χ4v) is 4.67. The van der Waals surface area contributed by atoms with E-state index >= 15 is 0 Å². The van der Waals surface area contributed by atoms with Gasteiger partial charge in [-0.1, -0.05) is 25.1 Å². The van der Waals surface area contributed by atoms with Crippen LogP contribution in [-0.4, -0.2) is 23.5 Å². The Balaban J connectivity index is 1.41. The summed E-state index contributed by atoms with van der Waals surface area (Å²) in [5, 5.41) is 4.07. The van der Waals surface area contributed by atoms with Crippen molar-refractivity contribution in [2.75, 3.05) is 6.54 Å². The van der Waals surface area contributed by atoms with Crippen LogP contribution in [-0.2, 0) is 11.2 Å². The van der Waals surface area contributed by atoms with Gasteiger partial charge < -0.3 is 10.1 Å². The van der Waals surface area contributed by atoms with Crippen LogP contribution >= 0.6 is 11.3 Å². The van der Waals surface area contributed by atoms with Gasteiger partial charge in [0.05, 0.1) is 22.3 Å². The Morgan fingerprint density at radius 2 is 2.15 bits per heavy atom. The highest BCUT2D eigenvalue weighted by atomic mass is 32.1. The summed E-state index contributed by atoms with van der Waals surface area (Å²) in [5.41, 5.74) is 4.36. The van der Waals surface area contributed by atoms with Crippen molar-refractivity contribution in [2.45, 2.75) is 39.2 Å². The molecular weight excluding hydrogens is 356 g/mol. The first-order chi connectivity index (χ1) is 13.0. The molecule has 1 fully saturated rings. The van der Waals surface area contributed by atoms with E-state index in [1.165, 1.54) is 15.8 Å². The number of fused-ring (bicyclic) bond motifs is 2. The van der Waals surface area contributed by atoms with Crippen LogP contribution in [0, 0.1) is 12.3 Å². The molecule has 1 saturated carbocycles. The molecule has 0 saturated heterocycles. The first kappa shape index (κ1) is 16.8. The van der Waals surface area contributed by atoms with Crippen LogP contribution in [0.4, 0.5) is 0 Å². The van der Waals surface area contributed by atoms with Gasteiger partial charge in [-0.3, -0.25) is 4.79 Å². The van der Waals surface area contributed by atoms with E-state index in [0.29, 0.717) is 6.54 Å². The lowest BCUT2D eigenvalue weighted by Crippen LogP contribution is -2.38. The van der Waals surface area contributed by atoms with Gasteiger partial charge in [-0.25, -0.2) is 4.98 Å². The number of nitrogens with one attached hydrogen (secondary N) is 1. The Kier molecular flexibility index (Phi) is 3.76. The largest absolute Gasteiger partial charge is 0.487 e. The summed E-state index contributed by atoms with van der Waals surface area (Å²) < 4.78 is 7.46. The first-order valence-corrected chi connectivity index (χ1v) is 10.3. The molecule has 0 radical (unpaired) electrons. The van der Waals surface area contributed by atoms with Gasteiger partial charge in [-0.15, -0.1) is 11.3 Å².